The molecule has 6 nitrogen and oxygen atoms in total. The number of benzene rings is 2. The zero-order chi connectivity index (χ0) is 19.0. The summed E-state index contributed by atoms with van der Waals surface area (Å²) in [4.78, 5) is 38.4. The van der Waals surface area contributed by atoms with Crippen LogP contribution in [0.15, 0.2) is 62.2 Å². The van der Waals surface area contributed by atoms with Crippen molar-refractivity contribution >= 4 is 44.5 Å². The molecule has 0 saturated heterocycles. The molecular weight excluding hydrogens is 414 g/mol. The van der Waals surface area contributed by atoms with E-state index in [0.29, 0.717) is 17.5 Å². The van der Waals surface area contributed by atoms with E-state index in [-0.39, 0.29) is 11.5 Å². The lowest BCUT2D eigenvalue weighted by Gasteiger charge is -2.17. The van der Waals surface area contributed by atoms with Crippen LogP contribution in [0, 0.1) is 0 Å². The number of carbonyl (C=O) groups excluding carboxylic acids is 2. The summed E-state index contributed by atoms with van der Waals surface area (Å²) in [6.45, 7) is 0.102. The standard InChI is InChI=1S/C20H14BrNO5/c21-14-5-6-17-13(9-14)10-15(20(25)27-17)19(24)26-11-18(23)22-8-7-12-3-1-2-4-16(12)22/h1-6,9-10H,7-8,11H2. The van der Waals surface area contributed by atoms with E-state index in [9.17, 15) is 14.4 Å². The van der Waals surface area contributed by atoms with Crippen molar-refractivity contribution < 1.29 is 18.7 Å². The van der Waals surface area contributed by atoms with E-state index in [1.807, 2.05) is 24.3 Å². The Morgan fingerprint density at radius 1 is 1.15 bits per heavy atom. The molecule has 4 rings (SSSR count). The summed E-state index contributed by atoms with van der Waals surface area (Å²) in [7, 11) is 0. The highest BCUT2D eigenvalue weighted by Gasteiger charge is 2.25. The van der Waals surface area contributed by atoms with E-state index in [0.717, 1.165) is 22.1 Å². The Balaban J connectivity index is 1.50. The van der Waals surface area contributed by atoms with Crippen LogP contribution in [0.3, 0.4) is 0 Å². The van der Waals surface area contributed by atoms with Crippen LogP contribution in [0.4, 0.5) is 5.69 Å². The van der Waals surface area contributed by atoms with Crippen LogP contribution in [-0.2, 0) is 16.0 Å². The Bertz CT molecular complexity index is 1120. The summed E-state index contributed by atoms with van der Waals surface area (Å²) in [5, 5.41) is 0.579. The first-order valence-electron chi connectivity index (χ1n) is 8.32. The summed E-state index contributed by atoms with van der Waals surface area (Å²) >= 11 is 3.33. The number of hydrogen-bond acceptors (Lipinski definition) is 5. The first-order chi connectivity index (χ1) is 13.0. The van der Waals surface area contributed by atoms with Gasteiger partial charge in [0.15, 0.2) is 6.61 Å². The van der Waals surface area contributed by atoms with E-state index in [1.165, 1.54) is 6.07 Å². The third kappa shape index (κ3) is 3.38. The van der Waals surface area contributed by atoms with Gasteiger partial charge in [-0.3, -0.25) is 4.79 Å². The molecule has 136 valence electrons. The van der Waals surface area contributed by atoms with Crippen LogP contribution >= 0.6 is 15.9 Å². The van der Waals surface area contributed by atoms with Gasteiger partial charge in [-0.05, 0) is 42.3 Å². The largest absolute Gasteiger partial charge is 0.452 e. The van der Waals surface area contributed by atoms with Crippen LogP contribution in [0.1, 0.15) is 15.9 Å². The van der Waals surface area contributed by atoms with Crippen molar-refractivity contribution in [3.05, 3.63) is 74.6 Å². The molecule has 1 amide bonds. The molecule has 0 fully saturated rings. The number of para-hydroxylation sites is 1. The van der Waals surface area contributed by atoms with Gasteiger partial charge in [0.25, 0.3) is 5.91 Å². The van der Waals surface area contributed by atoms with Crippen molar-refractivity contribution in [2.75, 3.05) is 18.1 Å². The second-order valence-electron chi connectivity index (χ2n) is 6.13. The summed E-state index contributed by atoms with van der Waals surface area (Å²) in [6, 6.07) is 14.1. The SMILES string of the molecule is O=C(OCC(=O)N1CCc2ccccc21)c1cc2cc(Br)ccc2oc1=O. The van der Waals surface area contributed by atoms with E-state index in [2.05, 4.69) is 15.9 Å². The minimum Gasteiger partial charge on any atom is -0.452 e. The van der Waals surface area contributed by atoms with E-state index >= 15 is 0 Å². The molecule has 2 aromatic carbocycles. The average Bonchev–Trinajstić information content (AvgIpc) is 3.10. The minimum absolute atomic E-state index is 0.241. The zero-order valence-corrected chi connectivity index (χ0v) is 15.7. The van der Waals surface area contributed by atoms with Gasteiger partial charge in [-0.1, -0.05) is 34.1 Å². The van der Waals surface area contributed by atoms with Crippen LogP contribution in [-0.4, -0.2) is 25.0 Å². The van der Waals surface area contributed by atoms with Gasteiger partial charge in [0.1, 0.15) is 11.1 Å². The highest BCUT2D eigenvalue weighted by atomic mass is 79.9. The fourth-order valence-corrected chi connectivity index (χ4v) is 3.50. The van der Waals surface area contributed by atoms with Crippen LogP contribution in [0.25, 0.3) is 11.0 Å². The van der Waals surface area contributed by atoms with Gasteiger partial charge in [0, 0.05) is 22.1 Å². The maximum Gasteiger partial charge on any atom is 0.351 e. The molecule has 0 saturated carbocycles. The molecule has 0 aliphatic carbocycles. The number of rotatable bonds is 3. The van der Waals surface area contributed by atoms with Crippen molar-refractivity contribution in [3.63, 3.8) is 0 Å². The van der Waals surface area contributed by atoms with Crippen molar-refractivity contribution in [2.45, 2.75) is 6.42 Å². The second-order valence-corrected chi connectivity index (χ2v) is 7.05. The summed E-state index contributed by atoms with van der Waals surface area (Å²) < 4.78 is 11.0. The molecule has 0 spiro atoms. The molecule has 1 aliphatic heterocycles. The average molecular weight is 428 g/mol. The lowest BCUT2D eigenvalue weighted by atomic mass is 10.2. The number of ether oxygens (including phenoxy) is 1. The Kier molecular flexibility index (Phi) is 4.53. The van der Waals surface area contributed by atoms with Crippen molar-refractivity contribution in [1.82, 2.24) is 0 Å². The van der Waals surface area contributed by atoms with E-state index in [1.54, 1.807) is 23.1 Å². The van der Waals surface area contributed by atoms with Gasteiger partial charge in [0.2, 0.25) is 0 Å². The molecule has 2 heterocycles. The number of esters is 1. The number of nitrogens with zero attached hydrogens (tertiary/aromatic N) is 1. The molecule has 0 atom stereocenters. The maximum absolute atomic E-state index is 12.4. The van der Waals surface area contributed by atoms with Crippen molar-refractivity contribution in [2.24, 2.45) is 0 Å². The third-order valence-corrected chi connectivity index (χ3v) is 4.92. The molecule has 27 heavy (non-hydrogen) atoms. The molecule has 1 aliphatic rings. The predicted molar refractivity (Wildman–Crippen MR) is 103 cm³/mol. The number of amides is 1. The van der Waals surface area contributed by atoms with Gasteiger partial charge in [0.05, 0.1) is 0 Å². The molecule has 0 radical (unpaired) electrons. The molecule has 0 N–H and O–H groups in total. The fraction of sp³-hybridized carbons (Fsp3) is 0.150. The van der Waals surface area contributed by atoms with Crippen molar-refractivity contribution in [3.8, 4) is 0 Å². The molecule has 0 bridgehead atoms. The van der Waals surface area contributed by atoms with Crippen molar-refractivity contribution in [1.29, 1.82) is 0 Å². The fourth-order valence-electron chi connectivity index (χ4n) is 3.12. The smallest absolute Gasteiger partial charge is 0.351 e. The van der Waals surface area contributed by atoms with Gasteiger partial charge in [-0.25, -0.2) is 9.59 Å². The van der Waals surface area contributed by atoms with Crippen LogP contribution in [0.2, 0.25) is 0 Å². The summed E-state index contributed by atoms with van der Waals surface area (Å²) in [6.07, 6.45) is 0.763. The maximum atomic E-state index is 12.4. The van der Waals surface area contributed by atoms with Gasteiger partial charge >= 0.3 is 11.6 Å². The van der Waals surface area contributed by atoms with Crippen LogP contribution < -0.4 is 10.5 Å². The molecule has 3 aromatic rings. The number of carbonyl (C=O) groups is 2. The van der Waals surface area contributed by atoms with Crippen LogP contribution in [0.5, 0.6) is 0 Å². The lowest BCUT2D eigenvalue weighted by molar-refractivity contribution is -0.121. The number of hydrogen-bond donors (Lipinski definition) is 0. The van der Waals surface area contributed by atoms with Gasteiger partial charge < -0.3 is 14.1 Å². The highest BCUT2D eigenvalue weighted by molar-refractivity contribution is 9.10. The summed E-state index contributed by atoms with van der Waals surface area (Å²) in [5.74, 6) is -1.22. The normalized spacial score (nSPS) is 12.9. The second kappa shape index (κ2) is 7.00. The van der Waals surface area contributed by atoms with E-state index in [4.69, 9.17) is 9.15 Å². The minimum atomic E-state index is -0.883. The third-order valence-electron chi connectivity index (χ3n) is 4.43. The molecule has 1 aromatic heterocycles. The Labute approximate surface area is 162 Å². The van der Waals surface area contributed by atoms with E-state index < -0.39 is 18.2 Å². The number of anilines is 1. The molecule has 0 unspecified atom stereocenters. The van der Waals surface area contributed by atoms with Gasteiger partial charge in [-0.2, -0.15) is 0 Å². The predicted octanol–water partition coefficient (Wildman–Crippen LogP) is 3.30. The highest BCUT2D eigenvalue weighted by Crippen LogP contribution is 2.27. The van der Waals surface area contributed by atoms with Gasteiger partial charge in [-0.15, -0.1) is 0 Å². The topological polar surface area (TPSA) is 76.8 Å². The Hall–Kier alpha value is -2.93. The number of halogens is 1. The first kappa shape index (κ1) is 17.5. The first-order valence-corrected chi connectivity index (χ1v) is 9.11. The summed E-state index contributed by atoms with van der Waals surface area (Å²) in [5.41, 5.74) is 1.24. The molecule has 7 heteroatoms. The number of fused-ring (bicyclic) bond motifs is 2. The Morgan fingerprint density at radius 2 is 1.96 bits per heavy atom. The quantitative estimate of drug-likeness (QED) is 0.473. The Morgan fingerprint density at radius 3 is 2.81 bits per heavy atom. The zero-order valence-electron chi connectivity index (χ0n) is 14.1. The molecular formula is C20H14BrNO5. The monoisotopic (exact) mass is 427 g/mol. The lowest BCUT2D eigenvalue weighted by Crippen LogP contribution is -2.33.